The maximum absolute atomic E-state index is 13.8. The van der Waals surface area contributed by atoms with Gasteiger partial charge in [-0.3, -0.25) is 4.79 Å². The zero-order valence-corrected chi connectivity index (χ0v) is 14.2. The third-order valence-electron chi connectivity index (χ3n) is 3.15. The first-order valence-corrected chi connectivity index (χ1v) is 7.84. The normalized spacial score (nSPS) is 11.6. The molecule has 0 amide bonds. The Balaban J connectivity index is 0.00000211. The van der Waals surface area contributed by atoms with E-state index in [0.717, 1.165) is 12.0 Å². The molecule has 0 fully saturated rings. The molecule has 0 saturated carbocycles. The van der Waals surface area contributed by atoms with Crippen LogP contribution in [0.3, 0.4) is 0 Å². The van der Waals surface area contributed by atoms with Crippen molar-refractivity contribution in [2.75, 3.05) is 0 Å². The summed E-state index contributed by atoms with van der Waals surface area (Å²) in [4.78, 5) is 11.1. The summed E-state index contributed by atoms with van der Waals surface area (Å²) in [5, 5.41) is 0. The predicted molar refractivity (Wildman–Crippen MR) is 88.3 cm³/mol. The Labute approximate surface area is 133 Å². The van der Waals surface area contributed by atoms with E-state index in [0.29, 0.717) is 12.0 Å². The Kier molecular flexibility index (Phi) is 9.33. The van der Waals surface area contributed by atoms with Crippen LogP contribution in [-0.2, 0) is 6.42 Å². The number of halogens is 2. The number of rotatable bonds is 5. The maximum Gasteiger partial charge on any atom is 0.310 e. The SMILES string of the molecule is CC.CCCC#CC(F)(F)C(C)Cc1ccc(C(C)=O)cc1. The number of hydrogen-bond acceptors (Lipinski definition) is 1. The van der Waals surface area contributed by atoms with Crippen LogP contribution in [0, 0.1) is 17.8 Å². The number of unbranched alkanes of at least 4 members (excludes halogenated alkanes) is 1. The topological polar surface area (TPSA) is 17.1 Å². The van der Waals surface area contributed by atoms with Gasteiger partial charge >= 0.3 is 5.92 Å². The first-order chi connectivity index (χ1) is 10.4. The third-order valence-corrected chi connectivity index (χ3v) is 3.15. The summed E-state index contributed by atoms with van der Waals surface area (Å²) in [7, 11) is 0. The predicted octanol–water partition coefficient (Wildman–Crippen LogP) is 5.53. The van der Waals surface area contributed by atoms with Crippen molar-refractivity contribution in [3.8, 4) is 11.8 Å². The Bertz CT molecular complexity index is 506. The smallest absolute Gasteiger partial charge is 0.295 e. The van der Waals surface area contributed by atoms with Gasteiger partial charge in [0.2, 0.25) is 0 Å². The number of carbonyl (C=O) groups excluding carboxylic acids is 1. The molecular weight excluding hydrogens is 282 g/mol. The summed E-state index contributed by atoms with van der Waals surface area (Å²) < 4.78 is 27.6. The molecule has 0 aliphatic heterocycles. The molecule has 3 heteroatoms. The number of alkyl halides is 2. The molecule has 122 valence electrons. The lowest BCUT2D eigenvalue weighted by Crippen LogP contribution is -2.25. The molecule has 0 bridgehead atoms. The Morgan fingerprint density at radius 3 is 2.23 bits per heavy atom. The number of Topliss-reactive ketones (excluding diaryl/α,β-unsaturated/α-hetero) is 1. The quantitative estimate of drug-likeness (QED) is 0.516. The Morgan fingerprint density at radius 2 is 1.77 bits per heavy atom. The molecule has 0 aliphatic rings. The fourth-order valence-corrected chi connectivity index (χ4v) is 1.79. The summed E-state index contributed by atoms with van der Waals surface area (Å²) in [6.07, 6.45) is 1.52. The Morgan fingerprint density at radius 1 is 1.23 bits per heavy atom. The van der Waals surface area contributed by atoms with Gasteiger partial charge in [-0.25, -0.2) is 0 Å². The lowest BCUT2D eigenvalue weighted by Gasteiger charge is -2.18. The van der Waals surface area contributed by atoms with Crippen LogP contribution in [0.2, 0.25) is 0 Å². The van der Waals surface area contributed by atoms with Crippen molar-refractivity contribution >= 4 is 5.78 Å². The first kappa shape index (κ1) is 20.3. The molecule has 0 heterocycles. The van der Waals surface area contributed by atoms with E-state index < -0.39 is 11.8 Å². The van der Waals surface area contributed by atoms with Crippen LogP contribution in [-0.4, -0.2) is 11.7 Å². The van der Waals surface area contributed by atoms with Crippen molar-refractivity contribution in [1.29, 1.82) is 0 Å². The van der Waals surface area contributed by atoms with Crippen molar-refractivity contribution in [2.24, 2.45) is 5.92 Å². The van der Waals surface area contributed by atoms with Gasteiger partial charge in [-0.05, 0) is 31.2 Å². The highest BCUT2D eigenvalue weighted by Gasteiger charge is 2.33. The van der Waals surface area contributed by atoms with Gasteiger partial charge in [-0.15, -0.1) is 0 Å². The lowest BCUT2D eigenvalue weighted by molar-refractivity contribution is 0.00913. The molecule has 22 heavy (non-hydrogen) atoms. The van der Waals surface area contributed by atoms with Crippen molar-refractivity contribution in [3.63, 3.8) is 0 Å². The van der Waals surface area contributed by atoms with E-state index >= 15 is 0 Å². The summed E-state index contributed by atoms with van der Waals surface area (Å²) in [5.74, 6) is 0.736. The Hall–Kier alpha value is -1.69. The molecule has 0 spiro atoms. The molecule has 0 N–H and O–H groups in total. The van der Waals surface area contributed by atoms with Gasteiger partial charge < -0.3 is 0 Å². The molecule has 1 aromatic carbocycles. The van der Waals surface area contributed by atoms with Crippen LogP contribution >= 0.6 is 0 Å². The summed E-state index contributed by atoms with van der Waals surface area (Å²) in [5.41, 5.74) is 1.38. The molecule has 1 aromatic rings. The number of ketones is 1. The third kappa shape index (κ3) is 6.85. The highest BCUT2D eigenvalue weighted by Crippen LogP contribution is 2.27. The van der Waals surface area contributed by atoms with Crippen molar-refractivity contribution < 1.29 is 13.6 Å². The first-order valence-electron chi connectivity index (χ1n) is 7.84. The van der Waals surface area contributed by atoms with E-state index in [2.05, 4.69) is 11.8 Å². The van der Waals surface area contributed by atoms with Gasteiger partial charge in [0.05, 0.1) is 0 Å². The van der Waals surface area contributed by atoms with Crippen molar-refractivity contribution in [1.82, 2.24) is 0 Å². The van der Waals surface area contributed by atoms with Crippen LogP contribution in [0.15, 0.2) is 24.3 Å². The van der Waals surface area contributed by atoms with E-state index in [-0.39, 0.29) is 12.2 Å². The van der Waals surface area contributed by atoms with Gasteiger partial charge in [0.25, 0.3) is 0 Å². The van der Waals surface area contributed by atoms with E-state index in [9.17, 15) is 13.6 Å². The highest BCUT2D eigenvalue weighted by atomic mass is 19.3. The van der Waals surface area contributed by atoms with E-state index in [1.807, 2.05) is 20.8 Å². The molecule has 1 nitrogen and oxygen atoms in total. The summed E-state index contributed by atoms with van der Waals surface area (Å²) >= 11 is 0. The van der Waals surface area contributed by atoms with Crippen LogP contribution in [0.4, 0.5) is 8.78 Å². The minimum Gasteiger partial charge on any atom is -0.295 e. The monoisotopic (exact) mass is 308 g/mol. The largest absolute Gasteiger partial charge is 0.310 e. The average Bonchev–Trinajstić information content (AvgIpc) is 2.50. The summed E-state index contributed by atoms with van der Waals surface area (Å²) in [6.45, 7) is 8.89. The summed E-state index contributed by atoms with van der Waals surface area (Å²) in [6, 6.07) is 6.79. The second-order valence-electron chi connectivity index (χ2n) is 5.03. The number of hydrogen-bond donors (Lipinski definition) is 0. The van der Waals surface area contributed by atoms with Crippen LogP contribution in [0.25, 0.3) is 0 Å². The minimum absolute atomic E-state index is 0.0274. The number of benzene rings is 1. The average molecular weight is 308 g/mol. The van der Waals surface area contributed by atoms with Crippen molar-refractivity contribution in [2.45, 2.75) is 59.8 Å². The minimum atomic E-state index is -2.98. The van der Waals surface area contributed by atoms with E-state index in [1.165, 1.54) is 13.8 Å². The van der Waals surface area contributed by atoms with Gasteiger partial charge in [-0.1, -0.05) is 57.9 Å². The molecular formula is C19H26F2O. The second-order valence-corrected chi connectivity index (χ2v) is 5.03. The lowest BCUT2D eigenvalue weighted by atomic mass is 9.94. The fourth-order valence-electron chi connectivity index (χ4n) is 1.79. The molecule has 0 radical (unpaired) electrons. The highest BCUT2D eigenvalue weighted by molar-refractivity contribution is 5.93. The van der Waals surface area contributed by atoms with Crippen LogP contribution in [0.1, 0.15) is 63.4 Å². The molecule has 1 unspecified atom stereocenters. The van der Waals surface area contributed by atoms with Gasteiger partial charge in [0, 0.05) is 17.9 Å². The molecule has 0 aliphatic carbocycles. The second kappa shape index (κ2) is 10.1. The van der Waals surface area contributed by atoms with E-state index in [4.69, 9.17) is 0 Å². The standard InChI is InChI=1S/C17H20F2O.C2H6/c1-4-5-6-11-17(18,19)13(2)12-15-7-9-16(10-8-15)14(3)20;1-2/h7-10,13H,4-5,12H2,1-3H3;1-2H3. The molecule has 0 aromatic heterocycles. The van der Waals surface area contributed by atoms with Gasteiger partial charge in [0.15, 0.2) is 5.78 Å². The zero-order chi connectivity index (χ0) is 17.2. The van der Waals surface area contributed by atoms with Gasteiger partial charge in [0.1, 0.15) is 0 Å². The zero-order valence-electron chi connectivity index (χ0n) is 14.2. The van der Waals surface area contributed by atoms with E-state index in [1.54, 1.807) is 24.3 Å². The van der Waals surface area contributed by atoms with Crippen LogP contribution < -0.4 is 0 Å². The molecule has 0 saturated heterocycles. The molecule has 1 rings (SSSR count). The fraction of sp³-hybridized carbons (Fsp3) is 0.526. The maximum atomic E-state index is 13.8. The van der Waals surface area contributed by atoms with Gasteiger partial charge in [-0.2, -0.15) is 8.78 Å². The van der Waals surface area contributed by atoms with Crippen molar-refractivity contribution in [3.05, 3.63) is 35.4 Å². The molecule has 1 atom stereocenters. The number of carbonyl (C=O) groups is 1. The van der Waals surface area contributed by atoms with Crippen LogP contribution in [0.5, 0.6) is 0 Å².